The molecule has 1 fully saturated rings. The van der Waals surface area contributed by atoms with E-state index in [-0.39, 0.29) is 5.41 Å². The number of carboxylic acids is 1. The van der Waals surface area contributed by atoms with Crippen molar-refractivity contribution >= 4 is 11.5 Å². The summed E-state index contributed by atoms with van der Waals surface area (Å²) < 4.78 is 0. The molecule has 134 valence electrons. The van der Waals surface area contributed by atoms with Gasteiger partial charge in [-0.05, 0) is 60.9 Å². The third-order valence-corrected chi connectivity index (χ3v) is 5.12. The molecule has 2 N–H and O–H groups in total. The Morgan fingerprint density at radius 1 is 1.16 bits per heavy atom. The maximum absolute atomic E-state index is 10.6. The molecule has 1 aromatic carbocycles. The molecule has 0 bridgehead atoms. The van der Waals surface area contributed by atoms with Gasteiger partial charge in [0.05, 0.1) is 0 Å². The molecule has 0 heterocycles. The molecule has 0 atom stereocenters. The standard InChI is InChI=1S/C22H28O3/c1-16(14-21(24)25)8-7-9-17(2)18-10-11-20(23)19(15-18)22(3)12-5-4-6-13-22/h7-11,14-15,23H,4-6,12-13H2,1-3H3,(H,24,25)/b8-7+,16-14+,17-9+. The van der Waals surface area contributed by atoms with E-state index in [9.17, 15) is 9.90 Å². The van der Waals surface area contributed by atoms with Gasteiger partial charge in [0.15, 0.2) is 0 Å². The predicted molar refractivity (Wildman–Crippen MR) is 103 cm³/mol. The molecular formula is C22H28O3. The van der Waals surface area contributed by atoms with Crippen molar-refractivity contribution in [2.45, 2.75) is 58.3 Å². The van der Waals surface area contributed by atoms with Crippen molar-refractivity contribution in [3.63, 3.8) is 0 Å². The molecule has 1 aliphatic rings. The normalized spacial score (nSPS) is 18.5. The number of carboxylic acid groups (broad SMARTS) is 1. The molecule has 1 aromatic rings. The molecule has 3 nitrogen and oxygen atoms in total. The van der Waals surface area contributed by atoms with E-state index in [1.807, 2.05) is 25.1 Å². The van der Waals surface area contributed by atoms with Crippen LogP contribution < -0.4 is 0 Å². The largest absolute Gasteiger partial charge is 0.508 e. The Morgan fingerprint density at radius 2 is 1.84 bits per heavy atom. The van der Waals surface area contributed by atoms with Crippen LogP contribution in [0.3, 0.4) is 0 Å². The number of phenols is 1. The van der Waals surface area contributed by atoms with Crippen molar-refractivity contribution in [1.82, 2.24) is 0 Å². The molecule has 0 spiro atoms. The fraction of sp³-hybridized carbons (Fsp3) is 0.409. The van der Waals surface area contributed by atoms with Crippen LogP contribution in [0, 0.1) is 0 Å². The van der Waals surface area contributed by atoms with Crippen LogP contribution in [0.2, 0.25) is 0 Å². The molecule has 1 aliphatic carbocycles. The zero-order valence-electron chi connectivity index (χ0n) is 15.4. The van der Waals surface area contributed by atoms with Crippen LogP contribution in [0.15, 0.2) is 48.1 Å². The SMILES string of the molecule is CC(/C=C/C=C(\C)c1ccc(O)c(C2(C)CCCCC2)c1)=C\C(=O)O. The Balaban J connectivity index is 2.25. The van der Waals surface area contributed by atoms with Gasteiger partial charge in [-0.3, -0.25) is 0 Å². The second kappa shape index (κ2) is 8.19. The summed E-state index contributed by atoms with van der Waals surface area (Å²) in [5.74, 6) is -0.552. The smallest absolute Gasteiger partial charge is 0.328 e. The maximum atomic E-state index is 10.6. The Labute approximate surface area is 150 Å². The van der Waals surface area contributed by atoms with Gasteiger partial charge in [-0.2, -0.15) is 0 Å². The number of hydrogen-bond donors (Lipinski definition) is 2. The van der Waals surface area contributed by atoms with Gasteiger partial charge in [0.25, 0.3) is 0 Å². The van der Waals surface area contributed by atoms with E-state index in [2.05, 4.69) is 13.0 Å². The van der Waals surface area contributed by atoms with Gasteiger partial charge in [0, 0.05) is 11.6 Å². The van der Waals surface area contributed by atoms with Gasteiger partial charge < -0.3 is 10.2 Å². The van der Waals surface area contributed by atoms with E-state index >= 15 is 0 Å². The summed E-state index contributed by atoms with van der Waals surface area (Å²) >= 11 is 0. The lowest BCUT2D eigenvalue weighted by Gasteiger charge is -2.35. The van der Waals surface area contributed by atoms with Crippen LogP contribution in [0.25, 0.3) is 5.57 Å². The Bertz CT molecular complexity index is 717. The fourth-order valence-corrected chi connectivity index (χ4v) is 3.55. The summed E-state index contributed by atoms with van der Waals surface area (Å²) in [4.78, 5) is 10.6. The number of rotatable bonds is 5. The van der Waals surface area contributed by atoms with Crippen molar-refractivity contribution < 1.29 is 15.0 Å². The lowest BCUT2D eigenvalue weighted by Crippen LogP contribution is -2.25. The Hall–Kier alpha value is -2.29. The summed E-state index contributed by atoms with van der Waals surface area (Å²) in [5, 5.41) is 19.1. The van der Waals surface area contributed by atoms with Crippen LogP contribution in [0.1, 0.15) is 64.0 Å². The van der Waals surface area contributed by atoms with E-state index in [0.29, 0.717) is 11.3 Å². The molecule has 0 saturated heterocycles. The second-order valence-electron chi connectivity index (χ2n) is 7.29. The monoisotopic (exact) mass is 340 g/mol. The number of allylic oxidation sites excluding steroid dienone is 5. The van der Waals surface area contributed by atoms with Crippen molar-refractivity contribution in [2.75, 3.05) is 0 Å². The highest BCUT2D eigenvalue weighted by molar-refractivity contribution is 5.81. The Morgan fingerprint density at radius 3 is 2.48 bits per heavy atom. The average Bonchev–Trinajstić information content (AvgIpc) is 2.55. The van der Waals surface area contributed by atoms with Crippen LogP contribution >= 0.6 is 0 Å². The van der Waals surface area contributed by atoms with Crippen LogP contribution in [0.5, 0.6) is 5.75 Å². The number of aliphatic carboxylic acids is 1. The van der Waals surface area contributed by atoms with Gasteiger partial charge in [-0.15, -0.1) is 0 Å². The summed E-state index contributed by atoms with van der Waals surface area (Å²) in [5.41, 5.74) is 3.96. The number of aromatic hydroxyl groups is 1. The summed E-state index contributed by atoms with van der Waals surface area (Å²) in [6.07, 6.45) is 12.7. The molecule has 25 heavy (non-hydrogen) atoms. The number of benzene rings is 1. The minimum Gasteiger partial charge on any atom is -0.508 e. The number of phenolic OH excluding ortho intramolecular Hbond substituents is 1. The van der Waals surface area contributed by atoms with E-state index in [1.54, 1.807) is 19.1 Å². The quantitative estimate of drug-likeness (QED) is 0.541. The van der Waals surface area contributed by atoms with E-state index < -0.39 is 5.97 Å². The third-order valence-electron chi connectivity index (χ3n) is 5.12. The van der Waals surface area contributed by atoms with Crippen molar-refractivity contribution in [3.05, 3.63) is 59.2 Å². The first-order valence-corrected chi connectivity index (χ1v) is 8.92. The topological polar surface area (TPSA) is 57.5 Å². The minimum atomic E-state index is -0.938. The Kier molecular flexibility index (Phi) is 6.24. The van der Waals surface area contributed by atoms with Crippen LogP contribution in [-0.4, -0.2) is 16.2 Å². The third kappa shape index (κ3) is 5.09. The zero-order valence-corrected chi connectivity index (χ0v) is 15.4. The fourth-order valence-electron chi connectivity index (χ4n) is 3.55. The minimum absolute atomic E-state index is 0.0509. The molecule has 0 unspecified atom stereocenters. The highest BCUT2D eigenvalue weighted by Crippen LogP contribution is 2.43. The number of carbonyl (C=O) groups is 1. The van der Waals surface area contributed by atoms with E-state index in [1.165, 1.54) is 25.3 Å². The molecule has 0 amide bonds. The van der Waals surface area contributed by atoms with Gasteiger partial charge >= 0.3 is 5.97 Å². The summed E-state index contributed by atoms with van der Waals surface area (Å²) in [7, 11) is 0. The lowest BCUT2D eigenvalue weighted by atomic mass is 9.70. The molecule has 2 rings (SSSR count). The van der Waals surface area contributed by atoms with Gasteiger partial charge in [0.1, 0.15) is 5.75 Å². The lowest BCUT2D eigenvalue weighted by molar-refractivity contribution is -0.131. The first-order valence-electron chi connectivity index (χ1n) is 8.92. The molecular weight excluding hydrogens is 312 g/mol. The molecule has 0 aromatic heterocycles. The average molecular weight is 340 g/mol. The molecule has 1 saturated carbocycles. The highest BCUT2D eigenvalue weighted by Gasteiger charge is 2.31. The van der Waals surface area contributed by atoms with Gasteiger partial charge in [0.2, 0.25) is 0 Å². The first-order chi connectivity index (χ1) is 11.8. The summed E-state index contributed by atoms with van der Waals surface area (Å²) in [6, 6.07) is 5.84. The molecule has 0 aliphatic heterocycles. The first kappa shape index (κ1) is 19.0. The van der Waals surface area contributed by atoms with Crippen LogP contribution in [0.4, 0.5) is 0 Å². The van der Waals surface area contributed by atoms with E-state index in [0.717, 1.165) is 29.5 Å². The van der Waals surface area contributed by atoms with Gasteiger partial charge in [-0.1, -0.05) is 50.5 Å². The second-order valence-corrected chi connectivity index (χ2v) is 7.29. The highest BCUT2D eigenvalue weighted by atomic mass is 16.4. The van der Waals surface area contributed by atoms with Gasteiger partial charge in [-0.25, -0.2) is 4.79 Å². The predicted octanol–water partition coefficient (Wildman–Crippen LogP) is 5.60. The van der Waals surface area contributed by atoms with Crippen molar-refractivity contribution in [1.29, 1.82) is 0 Å². The molecule has 0 radical (unpaired) electrons. The summed E-state index contributed by atoms with van der Waals surface area (Å²) in [6.45, 7) is 6.04. The van der Waals surface area contributed by atoms with Crippen molar-refractivity contribution in [2.24, 2.45) is 0 Å². The van der Waals surface area contributed by atoms with Crippen molar-refractivity contribution in [3.8, 4) is 5.75 Å². The van der Waals surface area contributed by atoms with Crippen LogP contribution in [-0.2, 0) is 10.2 Å². The molecule has 3 heteroatoms. The van der Waals surface area contributed by atoms with E-state index in [4.69, 9.17) is 5.11 Å². The zero-order chi connectivity index (χ0) is 18.4. The maximum Gasteiger partial charge on any atom is 0.328 e. The number of hydrogen-bond acceptors (Lipinski definition) is 2.